The van der Waals surface area contributed by atoms with Gasteiger partial charge in [-0.15, -0.1) is 0 Å². The zero-order valence-corrected chi connectivity index (χ0v) is 26.5. The molecule has 44 heavy (non-hydrogen) atoms. The lowest BCUT2D eigenvalue weighted by atomic mass is 9.38. The van der Waals surface area contributed by atoms with E-state index in [0.717, 1.165) is 38.5 Å². The third kappa shape index (κ3) is 3.44. The normalized spacial score (nSPS) is 52.2. The lowest BCUT2D eigenvalue weighted by Crippen LogP contribution is -2.64. The van der Waals surface area contributed by atoms with E-state index in [-0.39, 0.29) is 57.6 Å². The minimum atomic E-state index is -0.926. The molecule has 0 aromatic heterocycles. The van der Waals surface area contributed by atoms with E-state index in [0.29, 0.717) is 18.1 Å². The topological polar surface area (TPSA) is 96.2 Å². The van der Waals surface area contributed by atoms with Gasteiger partial charge in [-0.05, 0) is 96.7 Å². The monoisotopic (exact) mass is 600 g/mol. The van der Waals surface area contributed by atoms with E-state index in [9.17, 15) is 20.1 Å². The van der Waals surface area contributed by atoms with E-state index in [1.165, 1.54) is 11.1 Å². The molecule has 7 aliphatic rings. The maximum absolute atomic E-state index is 13.3. The van der Waals surface area contributed by atoms with E-state index in [1.807, 2.05) is 0 Å². The van der Waals surface area contributed by atoms with Crippen molar-refractivity contribution in [2.24, 2.45) is 50.7 Å². The first-order chi connectivity index (χ1) is 20.9. The van der Waals surface area contributed by atoms with Gasteiger partial charge in [0.15, 0.2) is 0 Å². The van der Waals surface area contributed by atoms with Gasteiger partial charge in [0.2, 0.25) is 0 Å². The molecule has 13 atom stereocenters. The fourth-order valence-electron chi connectivity index (χ4n) is 12.4. The maximum atomic E-state index is 13.3. The van der Waals surface area contributed by atoms with Crippen molar-refractivity contribution in [3.05, 3.63) is 71.3 Å². The molecule has 0 bridgehead atoms. The predicted octanol–water partition coefficient (Wildman–Crippen LogP) is 5.69. The summed E-state index contributed by atoms with van der Waals surface area (Å²) in [4.78, 5) is 13.3. The summed E-state index contributed by atoms with van der Waals surface area (Å²) in [5, 5.41) is 33.2. The maximum Gasteiger partial charge on any atom is 0.312 e. The van der Waals surface area contributed by atoms with Gasteiger partial charge in [-0.3, -0.25) is 4.79 Å². The van der Waals surface area contributed by atoms with Crippen molar-refractivity contribution in [3.8, 4) is 0 Å². The summed E-state index contributed by atoms with van der Waals surface area (Å²) in [6.07, 6.45) is 12.5. The Labute approximate surface area is 261 Å². The van der Waals surface area contributed by atoms with Crippen LogP contribution in [0.25, 0.3) is 0 Å². The standard InChI is InChI=1S/C38H48O6/c1-22(19-39)16-27-32(41)31(33(42)44-27)25-11-15-38-20-37(25,38)14-12-28-34(2)13-10-24-17-26(23-8-6-5-7-9-23)43-21-35(24,3)29(34)18-30(40)36(28,38)4/h5-10,12,14,16,25-32,39-41H,11,13,15,17-21H2,1-4H3/b22-16+/t25-,26-,27-,28+,29+,30+,31+,32-,34+,35-,36-,37+,38+/m0/s1. The van der Waals surface area contributed by atoms with Crippen LogP contribution in [0, 0.1) is 50.7 Å². The van der Waals surface area contributed by atoms with Crippen LogP contribution in [0.4, 0.5) is 0 Å². The molecule has 8 rings (SSSR count). The summed E-state index contributed by atoms with van der Waals surface area (Å²) >= 11 is 0. The van der Waals surface area contributed by atoms with Crippen LogP contribution in [-0.2, 0) is 14.3 Å². The molecule has 236 valence electrons. The SMILES string of the molecule is C/C(=C\[C@@H]1OC(=O)[C@H]([C@@H]2CC[C@]34C[C@]23C=C[C@@H]2[C@@]3(C)CC=C5C[C@@H](c6ccccc6)OC[C@]5(C)[C@@H]3C[C@@H](O)[C@]24C)[C@H]1O)CO. The molecule has 3 N–H and O–H groups in total. The van der Waals surface area contributed by atoms with Crippen LogP contribution in [0.15, 0.2) is 65.8 Å². The summed E-state index contributed by atoms with van der Waals surface area (Å²) < 4.78 is 12.3. The molecule has 2 aliphatic heterocycles. The molecule has 6 heteroatoms. The Morgan fingerprint density at radius 3 is 2.66 bits per heavy atom. The van der Waals surface area contributed by atoms with E-state index in [4.69, 9.17) is 9.47 Å². The molecule has 0 unspecified atom stereocenters. The van der Waals surface area contributed by atoms with Crippen LogP contribution in [0.1, 0.15) is 77.9 Å². The fourth-order valence-corrected chi connectivity index (χ4v) is 12.4. The van der Waals surface area contributed by atoms with Crippen molar-refractivity contribution in [2.45, 2.75) is 90.6 Å². The number of hydrogen-bond acceptors (Lipinski definition) is 6. The van der Waals surface area contributed by atoms with Gasteiger partial charge >= 0.3 is 5.97 Å². The molecule has 0 amide bonds. The van der Waals surface area contributed by atoms with Crippen LogP contribution in [0.5, 0.6) is 0 Å². The van der Waals surface area contributed by atoms with E-state index in [2.05, 4.69) is 69.3 Å². The number of aliphatic hydroxyl groups is 3. The van der Waals surface area contributed by atoms with Gasteiger partial charge < -0.3 is 24.8 Å². The average Bonchev–Trinajstić information content (AvgIpc) is 3.49. The predicted molar refractivity (Wildman–Crippen MR) is 166 cm³/mol. The fraction of sp³-hybridized carbons (Fsp3) is 0.658. The number of fused-ring (bicyclic) bond motifs is 5. The lowest BCUT2D eigenvalue weighted by Gasteiger charge is -2.67. The molecule has 5 aliphatic carbocycles. The molecule has 2 heterocycles. The first-order valence-corrected chi connectivity index (χ1v) is 16.9. The van der Waals surface area contributed by atoms with Crippen LogP contribution in [0.2, 0.25) is 0 Å². The lowest BCUT2D eigenvalue weighted by molar-refractivity contribution is -0.199. The Hall–Kier alpha value is -2.25. The average molecular weight is 601 g/mol. The van der Waals surface area contributed by atoms with Gasteiger partial charge in [0.25, 0.3) is 0 Å². The molecule has 3 saturated carbocycles. The second-order valence-corrected chi connectivity index (χ2v) is 16.2. The molecule has 1 aromatic rings. The van der Waals surface area contributed by atoms with E-state index < -0.39 is 24.2 Å². The van der Waals surface area contributed by atoms with Crippen molar-refractivity contribution in [1.82, 2.24) is 0 Å². The first-order valence-electron chi connectivity index (χ1n) is 16.9. The molecule has 0 spiro atoms. The van der Waals surface area contributed by atoms with Gasteiger partial charge in [-0.2, -0.15) is 0 Å². The number of ether oxygens (including phenoxy) is 2. The van der Waals surface area contributed by atoms with Gasteiger partial charge in [0.05, 0.1) is 31.3 Å². The van der Waals surface area contributed by atoms with Crippen LogP contribution < -0.4 is 0 Å². The minimum absolute atomic E-state index is 0.0124. The van der Waals surface area contributed by atoms with Crippen molar-refractivity contribution in [1.29, 1.82) is 0 Å². The zero-order valence-electron chi connectivity index (χ0n) is 26.5. The third-order valence-corrected chi connectivity index (χ3v) is 14.6. The Kier molecular flexibility index (Phi) is 6.23. The number of esters is 1. The summed E-state index contributed by atoms with van der Waals surface area (Å²) in [6, 6.07) is 10.5. The number of allylic oxidation sites excluding steroid dienone is 3. The Bertz CT molecular complexity index is 1460. The number of hydrogen-bond donors (Lipinski definition) is 3. The molecular formula is C38H48O6. The summed E-state index contributed by atoms with van der Waals surface area (Å²) in [6.45, 7) is 9.52. The van der Waals surface area contributed by atoms with Crippen LogP contribution in [-0.4, -0.2) is 52.8 Å². The van der Waals surface area contributed by atoms with E-state index >= 15 is 0 Å². The minimum Gasteiger partial charge on any atom is -0.455 e. The number of carbonyl (C=O) groups is 1. The van der Waals surface area contributed by atoms with Gasteiger partial charge in [-0.25, -0.2) is 0 Å². The summed E-state index contributed by atoms with van der Waals surface area (Å²) in [5.74, 6) is -0.410. The molecular weight excluding hydrogens is 552 g/mol. The second-order valence-electron chi connectivity index (χ2n) is 16.2. The van der Waals surface area contributed by atoms with Gasteiger partial charge in [-0.1, -0.05) is 74.9 Å². The largest absolute Gasteiger partial charge is 0.455 e. The highest BCUT2D eigenvalue weighted by Crippen LogP contribution is 2.89. The summed E-state index contributed by atoms with van der Waals surface area (Å²) in [5.41, 5.74) is 2.68. The quantitative estimate of drug-likeness (QED) is 0.304. The molecule has 5 fully saturated rings. The van der Waals surface area contributed by atoms with E-state index in [1.54, 1.807) is 13.0 Å². The van der Waals surface area contributed by atoms with Crippen LogP contribution in [0.3, 0.4) is 0 Å². The van der Waals surface area contributed by atoms with Crippen molar-refractivity contribution in [2.75, 3.05) is 13.2 Å². The Morgan fingerprint density at radius 1 is 1.14 bits per heavy atom. The third-order valence-electron chi connectivity index (χ3n) is 14.6. The zero-order chi connectivity index (χ0) is 30.9. The molecule has 1 aromatic carbocycles. The molecule has 2 saturated heterocycles. The Morgan fingerprint density at radius 2 is 1.91 bits per heavy atom. The number of benzene rings is 1. The highest BCUT2D eigenvalue weighted by Gasteiger charge is 2.85. The Balaban J connectivity index is 1.12. The molecule has 0 radical (unpaired) electrons. The number of rotatable bonds is 4. The van der Waals surface area contributed by atoms with Crippen LogP contribution >= 0.6 is 0 Å². The van der Waals surface area contributed by atoms with Crippen molar-refractivity contribution >= 4 is 5.97 Å². The number of cyclic esters (lactones) is 1. The highest BCUT2D eigenvalue weighted by atomic mass is 16.6. The summed E-state index contributed by atoms with van der Waals surface area (Å²) in [7, 11) is 0. The first kappa shape index (κ1) is 29.2. The smallest absolute Gasteiger partial charge is 0.312 e. The van der Waals surface area contributed by atoms with Crippen molar-refractivity contribution < 1.29 is 29.6 Å². The number of carbonyl (C=O) groups excluding carboxylic acids is 1. The van der Waals surface area contributed by atoms with Gasteiger partial charge in [0, 0.05) is 10.8 Å². The van der Waals surface area contributed by atoms with Gasteiger partial charge in [0.1, 0.15) is 12.2 Å². The number of aliphatic hydroxyl groups excluding tert-OH is 3. The highest BCUT2D eigenvalue weighted by molar-refractivity contribution is 5.77. The molecule has 6 nitrogen and oxygen atoms in total. The second kappa shape index (κ2) is 9.40. The van der Waals surface area contributed by atoms with Crippen molar-refractivity contribution in [3.63, 3.8) is 0 Å².